The van der Waals surface area contributed by atoms with Crippen LogP contribution in [-0.2, 0) is 0 Å². The second kappa shape index (κ2) is 9.43. The van der Waals surface area contributed by atoms with Gasteiger partial charge in [-0.05, 0) is 87.4 Å². The van der Waals surface area contributed by atoms with Crippen LogP contribution in [0.15, 0.2) is 105 Å². The number of aryl methyl sites for hydroxylation is 4. The van der Waals surface area contributed by atoms with Gasteiger partial charge < -0.3 is 9.32 Å². The van der Waals surface area contributed by atoms with E-state index in [9.17, 15) is 9.59 Å². The molecule has 0 unspecified atom stereocenters. The summed E-state index contributed by atoms with van der Waals surface area (Å²) in [5, 5.41) is 2.11. The summed E-state index contributed by atoms with van der Waals surface area (Å²) in [4.78, 5) is 29.2. The number of hydrogen-bond donors (Lipinski definition) is 0. The molecule has 2 heterocycles. The molecule has 200 valence electrons. The molecule has 2 aromatic heterocycles. The fourth-order valence-electron chi connectivity index (χ4n) is 5.80. The summed E-state index contributed by atoms with van der Waals surface area (Å²) in [5.41, 5.74) is 8.50. The summed E-state index contributed by atoms with van der Waals surface area (Å²) in [6.45, 7) is 8.43. The van der Waals surface area contributed by atoms with Gasteiger partial charge in [-0.3, -0.25) is 9.59 Å². The highest BCUT2D eigenvalue weighted by molar-refractivity contribution is 7.24. The standard InChI is InChI=1S/C36H27NO3S/c1-20-9-13-29(22(3)15-20)37(30-14-10-21(2)16-23(30)4)24-11-12-25-31(17-24)40-32-19-34-28(18-27(32)35(25)38)36(39)26-7-5-6-8-33(26)41-34/h5-19H,1-4H3. The molecule has 0 N–H and O–H groups in total. The van der Waals surface area contributed by atoms with Crippen molar-refractivity contribution in [3.8, 4) is 0 Å². The number of rotatable bonds is 3. The van der Waals surface area contributed by atoms with Crippen LogP contribution in [0.4, 0.5) is 17.1 Å². The molecule has 0 fully saturated rings. The lowest BCUT2D eigenvalue weighted by Crippen LogP contribution is -2.13. The number of hydrogen-bond acceptors (Lipinski definition) is 5. The first-order valence-electron chi connectivity index (χ1n) is 13.6. The topological polar surface area (TPSA) is 50.5 Å². The van der Waals surface area contributed by atoms with E-state index < -0.39 is 0 Å². The maximum atomic E-state index is 13.7. The van der Waals surface area contributed by atoms with E-state index in [4.69, 9.17) is 4.42 Å². The predicted octanol–water partition coefficient (Wildman–Crippen LogP) is 9.38. The summed E-state index contributed by atoms with van der Waals surface area (Å²) >= 11 is 1.53. The molecule has 0 aliphatic carbocycles. The van der Waals surface area contributed by atoms with Crippen molar-refractivity contribution in [2.45, 2.75) is 27.7 Å². The van der Waals surface area contributed by atoms with Crippen LogP contribution in [0.1, 0.15) is 22.3 Å². The van der Waals surface area contributed by atoms with E-state index in [2.05, 4.69) is 69.0 Å². The number of benzene rings is 5. The van der Waals surface area contributed by atoms with Crippen molar-refractivity contribution in [1.82, 2.24) is 0 Å². The molecule has 0 atom stereocenters. The van der Waals surface area contributed by atoms with Gasteiger partial charge in [0, 0.05) is 43.3 Å². The molecule has 0 amide bonds. The van der Waals surface area contributed by atoms with Crippen molar-refractivity contribution >= 4 is 70.5 Å². The Morgan fingerprint density at radius 3 is 1.88 bits per heavy atom. The Bertz CT molecular complexity index is 2260. The van der Waals surface area contributed by atoms with Crippen molar-refractivity contribution < 1.29 is 4.42 Å². The summed E-state index contributed by atoms with van der Waals surface area (Å²) < 4.78 is 8.13. The van der Waals surface area contributed by atoms with Crippen molar-refractivity contribution in [3.05, 3.63) is 134 Å². The first-order chi connectivity index (χ1) is 19.8. The van der Waals surface area contributed by atoms with E-state index in [-0.39, 0.29) is 10.9 Å². The Kier molecular flexibility index (Phi) is 5.80. The van der Waals surface area contributed by atoms with Gasteiger partial charge in [-0.25, -0.2) is 0 Å². The third-order valence-corrected chi connectivity index (χ3v) is 8.93. The lowest BCUT2D eigenvalue weighted by Gasteiger charge is -2.29. The van der Waals surface area contributed by atoms with Crippen molar-refractivity contribution in [2.75, 3.05) is 4.90 Å². The zero-order valence-electron chi connectivity index (χ0n) is 23.2. The second-order valence-electron chi connectivity index (χ2n) is 10.8. The minimum absolute atomic E-state index is 0.0660. The van der Waals surface area contributed by atoms with Crippen molar-refractivity contribution in [1.29, 1.82) is 0 Å². The van der Waals surface area contributed by atoms with Crippen LogP contribution >= 0.6 is 11.3 Å². The van der Waals surface area contributed by atoms with Gasteiger partial charge in [-0.1, -0.05) is 47.5 Å². The molecule has 0 spiro atoms. The fourth-order valence-corrected chi connectivity index (χ4v) is 6.88. The van der Waals surface area contributed by atoms with E-state index in [0.29, 0.717) is 32.7 Å². The first kappa shape index (κ1) is 25.2. The molecule has 0 saturated heterocycles. The van der Waals surface area contributed by atoms with Crippen LogP contribution < -0.4 is 15.8 Å². The third-order valence-electron chi connectivity index (χ3n) is 7.80. The van der Waals surface area contributed by atoms with Gasteiger partial charge >= 0.3 is 0 Å². The molecule has 0 aliphatic heterocycles. The molecule has 5 aromatic carbocycles. The van der Waals surface area contributed by atoms with Crippen molar-refractivity contribution in [2.24, 2.45) is 0 Å². The maximum absolute atomic E-state index is 13.7. The largest absolute Gasteiger partial charge is 0.456 e. The zero-order chi connectivity index (χ0) is 28.4. The SMILES string of the molecule is Cc1ccc(N(c2ccc3c(=O)c4cc5c(=O)c6ccccc6sc5cc4oc3c2)c2ccc(C)cc2C)c(C)c1. The minimum Gasteiger partial charge on any atom is -0.456 e. The van der Waals surface area contributed by atoms with E-state index in [0.717, 1.165) is 37.6 Å². The average molecular weight is 554 g/mol. The highest BCUT2D eigenvalue weighted by Gasteiger charge is 2.19. The van der Waals surface area contributed by atoms with Crippen LogP contribution in [0.2, 0.25) is 0 Å². The Balaban J connectivity index is 1.48. The van der Waals surface area contributed by atoms with Crippen LogP contribution in [0.3, 0.4) is 0 Å². The third kappa shape index (κ3) is 4.12. The van der Waals surface area contributed by atoms with Gasteiger partial charge in [0.05, 0.1) is 10.8 Å². The Labute approximate surface area is 240 Å². The van der Waals surface area contributed by atoms with E-state index in [1.807, 2.05) is 48.5 Å². The zero-order valence-corrected chi connectivity index (χ0v) is 24.1. The molecule has 7 rings (SSSR count). The number of nitrogens with zero attached hydrogens (tertiary/aromatic N) is 1. The predicted molar refractivity (Wildman–Crippen MR) is 173 cm³/mol. The van der Waals surface area contributed by atoms with Crippen LogP contribution in [0.25, 0.3) is 42.1 Å². The number of anilines is 3. The molecule has 0 aliphatic rings. The molecular formula is C36H27NO3S. The van der Waals surface area contributed by atoms with Crippen LogP contribution in [0.5, 0.6) is 0 Å². The molecule has 5 heteroatoms. The Hall–Kier alpha value is -4.74. The highest BCUT2D eigenvalue weighted by atomic mass is 32.1. The van der Waals surface area contributed by atoms with E-state index in [1.54, 1.807) is 6.07 Å². The van der Waals surface area contributed by atoms with Gasteiger partial charge in [0.25, 0.3) is 0 Å². The highest BCUT2D eigenvalue weighted by Crippen LogP contribution is 2.40. The molecule has 0 saturated carbocycles. The monoisotopic (exact) mass is 553 g/mol. The van der Waals surface area contributed by atoms with Gasteiger partial charge in [0.2, 0.25) is 5.43 Å². The maximum Gasteiger partial charge on any atom is 0.200 e. The van der Waals surface area contributed by atoms with Crippen molar-refractivity contribution in [3.63, 3.8) is 0 Å². The molecule has 4 nitrogen and oxygen atoms in total. The lowest BCUT2D eigenvalue weighted by atomic mass is 10.0. The van der Waals surface area contributed by atoms with E-state index >= 15 is 0 Å². The fraction of sp³-hybridized carbons (Fsp3) is 0.111. The minimum atomic E-state index is -0.142. The molecule has 0 radical (unpaired) electrons. The normalized spacial score (nSPS) is 11.6. The molecule has 41 heavy (non-hydrogen) atoms. The first-order valence-corrected chi connectivity index (χ1v) is 14.4. The number of fused-ring (bicyclic) bond motifs is 4. The van der Waals surface area contributed by atoms with Gasteiger partial charge in [-0.2, -0.15) is 0 Å². The van der Waals surface area contributed by atoms with Crippen LogP contribution in [-0.4, -0.2) is 0 Å². The van der Waals surface area contributed by atoms with Gasteiger partial charge in [0.15, 0.2) is 5.43 Å². The van der Waals surface area contributed by atoms with Crippen LogP contribution in [0, 0.1) is 27.7 Å². The summed E-state index contributed by atoms with van der Waals surface area (Å²) in [6.07, 6.45) is 0. The van der Waals surface area contributed by atoms with Gasteiger partial charge in [0.1, 0.15) is 11.2 Å². The van der Waals surface area contributed by atoms with E-state index in [1.165, 1.54) is 22.5 Å². The lowest BCUT2D eigenvalue weighted by molar-refractivity contribution is 0.660. The summed E-state index contributed by atoms with van der Waals surface area (Å²) in [6, 6.07) is 29.7. The average Bonchev–Trinajstić information content (AvgIpc) is 2.95. The summed E-state index contributed by atoms with van der Waals surface area (Å²) in [5.74, 6) is 0. The molecular weight excluding hydrogens is 526 g/mol. The Morgan fingerprint density at radius 2 is 1.20 bits per heavy atom. The second-order valence-corrected chi connectivity index (χ2v) is 11.9. The summed E-state index contributed by atoms with van der Waals surface area (Å²) in [7, 11) is 0. The smallest absolute Gasteiger partial charge is 0.200 e. The quantitative estimate of drug-likeness (QED) is 0.205. The molecule has 7 aromatic rings. The van der Waals surface area contributed by atoms with Gasteiger partial charge in [-0.15, -0.1) is 11.3 Å². The Morgan fingerprint density at radius 1 is 0.561 bits per heavy atom. The molecule has 0 bridgehead atoms.